The maximum Gasteiger partial charge on any atom is 0.228 e. The van der Waals surface area contributed by atoms with Crippen molar-refractivity contribution in [2.24, 2.45) is 5.92 Å². The number of aliphatic hydroxyl groups is 1. The molecule has 2 rings (SSSR count). The summed E-state index contributed by atoms with van der Waals surface area (Å²) in [6.45, 7) is 1.27. The van der Waals surface area contributed by atoms with Gasteiger partial charge in [-0.3, -0.25) is 9.59 Å². The molecule has 0 radical (unpaired) electrons. The molecule has 2 aliphatic rings. The van der Waals surface area contributed by atoms with Gasteiger partial charge in [-0.05, 0) is 12.8 Å². The Kier molecular flexibility index (Phi) is 3.14. The number of hydrogen-bond acceptors (Lipinski definition) is 3. The minimum Gasteiger partial charge on any atom is -0.394 e. The summed E-state index contributed by atoms with van der Waals surface area (Å²) < 4.78 is 0. The van der Waals surface area contributed by atoms with E-state index in [0.29, 0.717) is 13.0 Å². The van der Waals surface area contributed by atoms with Gasteiger partial charge in [0, 0.05) is 26.6 Å². The summed E-state index contributed by atoms with van der Waals surface area (Å²) in [5, 5.41) is 9.16. The van der Waals surface area contributed by atoms with Crippen LogP contribution in [0.3, 0.4) is 0 Å². The highest BCUT2D eigenvalue weighted by Gasteiger charge is 2.38. The lowest BCUT2D eigenvalue weighted by Crippen LogP contribution is -2.41. The van der Waals surface area contributed by atoms with E-state index in [1.807, 2.05) is 0 Å². The molecule has 0 saturated carbocycles. The molecule has 5 nitrogen and oxygen atoms in total. The minimum atomic E-state index is -0.204. The second-order valence-electron chi connectivity index (χ2n) is 4.69. The van der Waals surface area contributed by atoms with E-state index in [1.165, 1.54) is 0 Å². The number of likely N-dealkylation sites (tertiary alicyclic amines) is 2. The molecule has 1 N–H and O–H groups in total. The summed E-state index contributed by atoms with van der Waals surface area (Å²) in [7, 11) is 1.73. The molecule has 16 heavy (non-hydrogen) atoms. The number of aliphatic hydroxyl groups excluding tert-OH is 1. The van der Waals surface area contributed by atoms with Crippen LogP contribution in [0.2, 0.25) is 0 Å². The van der Waals surface area contributed by atoms with Gasteiger partial charge in [0.15, 0.2) is 0 Å². The van der Waals surface area contributed by atoms with Gasteiger partial charge in [-0.25, -0.2) is 0 Å². The third kappa shape index (κ3) is 1.91. The minimum absolute atomic E-state index is 0.0300. The Labute approximate surface area is 95.0 Å². The van der Waals surface area contributed by atoms with Crippen LogP contribution in [0.15, 0.2) is 0 Å². The monoisotopic (exact) mass is 226 g/mol. The molecule has 2 saturated heterocycles. The molecule has 0 aromatic carbocycles. The number of nitrogens with zero attached hydrogens (tertiary/aromatic N) is 2. The Hall–Kier alpha value is -1.10. The Bertz CT molecular complexity index is 306. The first-order valence-corrected chi connectivity index (χ1v) is 5.78. The van der Waals surface area contributed by atoms with E-state index in [9.17, 15) is 9.59 Å². The van der Waals surface area contributed by atoms with E-state index in [1.54, 1.807) is 16.8 Å². The Morgan fingerprint density at radius 3 is 2.88 bits per heavy atom. The molecule has 2 unspecified atom stereocenters. The summed E-state index contributed by atoms with van der Waals surface area (Å²) in [4.78, 5) is 26.9. The zero-order valence-electron chi connectivity index (χ0n) is 9.56. The maximum absolute atomic E-state index is 12.1. The maximum atomic E-state index is 12.1. The van der Waals surface area contributed by atoms with Crippen molar-refractivity contribution in [1.82, 2.24) is 9.80 Å². The van der Waals surface area contributed by atoms with Crippen molar-refractivity contribution in [2.75, 3.05) is 26.7 Å². The molecule has 0 bridgehead atoms. The molecule has 90 valence electrons. The van der Waals surface area contributed by atoms with Gasteiger partial charge in [0.2, 0.25) is 11.8 Å². The zero-order chi connectivity index (χ0) is 11.7. The van der Waals surface area contributed by atoms with Gasteiger partial charge in [-0.15, -0.1) is 0 Å². The van der Waals surface area contributed by atoms with Crippen molar-refractivity contribution in [2.45, 2.75) is 25.3 Å². The molecule has 2 amide bonds. The van der Waals surface area contributed by atoms with Gasteiger partial charge in [-0.1, -0.05) is 0 Å². The third-order valence-electron chi connectivity index (χ3n) is 3.56. The third-order valence-corrected chi connectivity index (χ3v) is 3.56. The van der Waals surface area contributed by atoms with E-state index < -0.39 is 0 Å². The molecule has 5 heteroatoms. The Morgan fingerprint density at radius 1 is 1.56 bits per heavy atom. The van der Waals surface area contributed by atoms with E-state index in [4.69, 9.17) is 5.11 Å². The largest absolute Gasteiger partial charge is 0.394 e. The van der Waals surface area contributed by atoms with Gasteiger partial charge in [0.1, 0.15) is 0 Å². The van der Waals surface area contributed by atoms with Crippen LogP contribution in [-0.4, -0.2) is 59.5 Å². The summed E-state index contributed by atoms with van der Waals surface area (Å²) in [5.74, 6) is -0.128. The van der Waals surface area contributed by atoms with Crippen molar-refractivity contribution in [3.63, 3.8) is 0 Å². The van der Waals surface area contributed by atoms with E-state index >= 15 is 0 Å². The summed E-state index contributed by atoms with van der Waals surface area (Å²) in [6.07, 6.45) is 2.15. The summed E-state index contributed by atoms with van der Waals surface area (Å²) in [5.41, 5.74) is 0. The molecule has 2 fully saturated rings. The highest BCUT2D eigenvalue weighted by atomic mass is 16.3. The van der Waals surface area contributed by atoms with Gasteiger partial charge < -0.3 is 14.9 Å². The van der Waals surface area contributed by atoms with Gasteiger partial charge in [0.25, 0.3) is 0 Å². The van der Waals surface area contributed by atoms with Crippen LogP contribution >= 0.6 is 0 Å². The Morgan fingerprint density at radius 2 is 2.31 bits per heavy atom. The fourth-order valence-electron chi connectivity index (χ4n) is 2.58. The smallest absolute Gasteiger partial charge is 0.228 e. The molecule has 2 heterocycles. The quantitative estimate of drug-likeness (QED) is 0.687. The van der Waals surface area contributed by atoms with Crippen LogP contribution < -0.4 is 0 Å². The van der Waals surface area contributed by atoms with Gasteiger partial charge in [-0.2, -0.15) is 0 Å². The number of hydrogen-bond donors (Lipinski definition) is 1. The number of carbonyl (C=O) groups excluding carboxylic acids is 2. The highest BCUT2D eigenvalue weighted by molar-refractivity contribution is 5.89. The molecular weight excluding hydrogens is 208 g/mol. The molecule has 0 spiro atoms. The molecule has 0 aliphatic carbocycles. The van der Waals surface area contributed by atoms with E-state index in [2.05, 4.69) is 0 Å². The highest BCUT2D eigenvalue weighted by Crippen LogP contribution is 2.24. The van der Waals surface area contributed by atoms with Crippen LogP contribution in [-0.2, 0) is 9.59 Å². The Balaban J connectivity index is 2.00. The average Bonchev–Trinajstić information content (AvgIpc) is 2.85. The van der Waals surface area contributed by atoms with Crippen molar-refractivity contribution in [1.29, 1.82) is 0 Å². The fourth-order valence-corrected chi connectivity index (χ4v) is 2.58. The van der Waals surface area contributed by atoms with Crippen LogP contribution in [0, 0.1) is 5.92 Å². The molecule has 2 atom stereocenters. The SMILES string of the molecule is CN1CC(C(=O)N2CCCC2CO)CC1=O. The first-order chi connectivity index (χ1) is 7.63. The average molecular weight is 226 g/mol. The standard InChI is InChI=1S/C11H18N2O3/c1-12-6-8(5-10(12)15)11(16)13-4-2-3-9(13)7-14/h8-9,14H,2-7H2,1H3. The second-order valence-corrected chi connectivity index (χ2v) is 4.69. The summed E-state index contributed by atoms with van der Waals surface area (Å²) in [6, 6.07) is -0.0338. The van der Waals surface area contributed by atoms with Crippen LogP contribution in [0.4, 0.5) is 0 Å². The topological polar surface area (TPSA) is 60.9 Å². The lowest BCUT2D eigenvalue weighted by atomic mass is 10.1. The molecular formula is C11H18N2O3. The van der Waals surface area contributed by atoms with Crippen molar-refractivity contribution < 1.29 is 14.7 Å². The van der Waals surface area contributed by atoms with Crippen LogP contribution in [0.25, 0.3) is 0 Å². The normalized spacial score (nSPS) is 30.2. The van der Waals surface area contributed by atoms with Crippen LogP contribution in [0.1, 0.15) is 19.3 Å². The molecule has 0 aromatic rings. The molecule has 0 aromatic heterocycles. The summed E-state index contributed by atoms with van der Waals surface area (Å²) >= 11 is 0. The zero-order valence-corrected chi connectivity index (χ0v) is 9.56. The number of amides is 2. The van der Waals surface area contributed by atoms with Crippen molar-refractivity contribution >= 4 is 11.8 Å². The fraction of sp³-hybridized carbons (Fsp3) is 0.818. The first kappa shape index (κ1) is 11.4. The molecule has 2 aliphatic heterocycles. The van der Waals surface area contributed by atoms with E-state index in [0.717, 1.165) is 19.4 Å². The number of carbonyl (C=O) groups is 2. The second kappa shape index (κ2) is 4.41. The van der Waals surface area contributed by atoms with Crippen molar-refractivity contribution in [3.8, 4) is 0 Å². The van der Waals surface area contributed by atoms with E-state index in [-0.39, 0.29) is 30.4 Å². The number of rotatable bonds is 2. The van der Waals surface area contributed by atoms with Gasteiger partial charge in [0.05, 0.1) is 18.6 Å². The predicted molar refractivity (Wildman–Crippen MR) is 57.6 cm³/mol. The first-order valence-electron chi connectivity index (χ1n) is 5.78. The lowest BCUT2D eigenvalue weighted by Gasteiger charge is -2.25. The van der Waals surface area contributed by atoms with Crippen molar-refractivity contribution in [3.05, 3.63) is 0 Å². The predicted octanol–water partition coefficient (Wildman–Crippen LogP) is -0.552. The lowest BCUT2D eigenvalue weighted by molar-refractivity contribution is -0.137. The van der Waals surface area contributed by atoms with Gasteiger partial charge >= 0.3 is 0 Å². The van der Waals surface area contributed by atoms with Crippen LogP contribution in [0.5, 0.6) is 0 Å².